The summed E-state index contributed by atoms with van der Waals surface area (Å²) in [6.45, 7) is 4.60. The Bertz CT molecular complexity index is 864. The lowest BCUT2D eigenvalue weighted by Crippen LogP contribution is -2.46. The Labute approximate surface area is 171 Å². The van der Waals surface area contributed by atoms with Crippen molar-refractivity contribution in [3.8, 4) is 5.75 Å². The van der Waals surface area contributed by atoms with Crippen LogP contribution in [-0.4, -0.2) is 41.8 Å². The molecule has 0 bridgehead atoms. The molecule has 2 aromatic rings. The van der Waals surface area contributed by atoms with Gasteiger partial charge in [0.15, 0.2) is 0 Å². The van der Waals surface area contributed by atoms with Gasteiger partial charge in [-0.3, -0.25) is 14.4 Å². The van der Waals surface area contributed by atoms with Gasteiger partial charge in [0, 0.05) is 13.0 Å². The number of carbonyl (C=O) groups excluding carboxylic acids is 3. The molecular formula is C23H26N2O4. The van der Waals surface area contributed by atoms with Crippen LogP contribution in [-0.2, 0) is 20.8 Å². The van der Waals surface area contributed by atoms with Gasteiger partial charge in [0.25, 0.3) is 5.91 Å². The smallest absolute Gasteiger partial charge is 0.257 e. The molecule has 1 heterocycles. The molecule has 0 aromatic heterocycles. The van der Waals surface area contributed by atoms with Crippen molar-refractivity contribution in [3.63, 3.8) is 0 Å². The van der Waals surface area contributed by atoms with E-state index in [4.69, 9.17) is 4.74 Å². The summed E-state index contributed by atoms with van der Waals surface area (Å²) in [4.78, 5) is 41.0. The normalized spacial score (nSPS) is 16.2. The molecule has 1 unspecified atom stereocenters. The molecule has 0 radical (unpaired) electrons. The highest BCUT2D eigenvalue weighted by Crippen LogP contribution is 2.28. The van der Waals surface area contributed by atoms with Gasteiger partial charge in [0.1, 0.15) is 11.8 Å². The highest BCUT2D eigenvalue weighted by atomic mass is 16.5. The van der Waals surface area contributed by atoms with Gasteiger partial charge in [-0.25, -0.2) is 4.90 Å². The molecule has 0 N–H and O–H groups in total. The summed E-state index contributed by atoms with van der Waals surface area (Å²) in [7, 11) is 0. The van der Waals surface area contributed by atoms with Crippen molar-refractivity contribution in [2.75, 3.05) is 18.1 Å². The molecule has 29 heavy (non-hydrogen) atoms. The van der Waals surface area contributed by atoms with Crippen LogP contribution in [0, 0.1) is 0 Å². The number of hydrogen-bond donors (Lipinski definition) is 0. The second kappa shape index (κ2) is 9.37. The van der Waals surface area contributed by atoms with E-state index in [0.29, 0.717) is 31.0 Å². The fraction of sp³-hybridized carbons (Fsp3) is 0.348. The minimum atomic E-state index is -0.759. The van der Waals surface area contributed by atoms with Crippen LogP contribution in [0.15, 0.2) is 54.6 Å². The average molecular weight is 394 g/mol. The van der Waals surface area contributed by atoms with Gasteiger partial charge in [-0.15, -0.1) is 0 Å². The van der Waals surface area contributed by atoms with E-state index in [0.717, 1.165) is 5.56 Å². The monoisotopic (exact) mass is 394 g/mol. The maximum atomic E-state index is 13.1. The molecule has 1 aliphatic heterocycles. The predicted molar refractivity (Wildman–Crippen MR) is 111 cm³/mol. The molecule has 0 saturated carbocycles. The zero-order chi connectivity index (χ0) is 20.8. The maximum Gasteiger partial charge on any atom is 0.257 e. The van der Waals surface area contributed by atoms with E-state index < -0.39 is 6.04 Å². The topological polar surface area (TPSA) is 66.9 Å². The first-order chi connectivity index (χ1) is 14.0. The summed E-state index contributed by atoms with van der Waals surface area (Å²) in [5.74, 6) is -0.0926. The molecule has 3 rings (SSSR count). The fourth-order valence-corrected chi connectivity index (χ4v) is 3.54. The first-order valence-electron chi connectivity index (χ1n) is 9.98. The SMILES string of the molecule is CCOc1ccc(N2C(=O)CC(N(CCc3ccccc3)C(=O)CC)C2=O)cc1. The highest BCUT2D eigenvalue weighted by Gasteiger charge is 2.43. The molecule has 1 saturated heterocycles. The van der Waals surface area contributed by atoms with Crippen molar-refractivity contribution in [1.29, 1.82) is 0 Å². The van der Waals surface area contributed by atoms with Crippen molar-refractivity contribution in [2.45, 2.75) is 39.2 Å². The number of nitrogens with zero attached hydrogens (tertiary/aromatic N) is 2. The third-order valence-electron chi connectivity index (χ3n) is 5.01. The summed E-state index contributed by atoms with van der Waals surface area (Å²) >= 11 is 0. The van der Waals surface area contributed by atoms with Crippen LogP contribution >= 0.6 is 0 Å². The largest absolute Gasteiger partial charge is 0.494 e. The lowest BCUT2D eigenvalue weighted by molar-refractivity contribution is -0.138. The van der Waals surface area contributed by atoms with Crippen LogP contribution in [0.4, 0.5) is 5.69 Å². The molecular weight excluding hydrogens is 368 g/mol. The van der Waals surface area contributed by atoms with Gasteiger partial charge < -0.3 is 9.64 Å². The minimum Gasteiger partial charge on any atom is -0.494 e. The second-order valence-electron chi connectivity index (χ2n) is 6.89. The summed E-state index contributed by atoms with van der Waals surface area (Å²) in [5.41, 5.74) is 1.58. The van der Waals surface area contributed by atoms with Crippen LogP contribution in [0.3, 0.4) is 0 Å². The molecule has 6 heteroatoms. The number of ether oxygens (including phenoxy) is 1. The van der Waals surface area contributed by atoms with Gasteiger partial charge in [0.2, 0.25) is 11.8 Å². The summed E-state index contributed by atoms with van der Waals surface area (Å²) in [6.07, 6.45) is 0.927. The van der Waals surface area contributed by atoms with Crippen LogP contribution < -0.4 is 9.64 Å². The number of imide groups is 1. The Morgan fingerprint density at radius 2 is 1.76 bits per heavy atom. The van der Waals surface area contributed by atoms with Gasteiger partial charge in [-0.05, 0) is 43.2 Å². The Hall–Kier alpha value is -3.15. The van der Waals surface area contributed by atoms with Crippen molar-refractivity contribution in [1.82, 2.24) is 4.90 Å². The number of hydrogen-bond acceptors (Lipinski definition) is 4. The highest BCUT2D eigenvalue weighted by molar-refractivity contribution is 6.23. The first kappa shape index (κ1) is 20.6. The molecule has 1 aliphatic rings. The van der Waals surface area contributed by atoms with Crippen molar-refractivity contribution < 1.29 is 19.1 Å². The number of anilines is 1. The van der Waals surface area contributed by atoms with Gasteiger partial charge in [-0.1, -0.05) is 37.3 Å². The van der Waals surface area contributed by atoms with E-state index in [1.54, 1.807) is 36.1 Å². The Morgan fingerprint density at radius 3 is 2.38 bits per heavy atom. The van der Waals surface area contributed by atoms with Crippen LogP contribution in [0.5, 0.6) is 5.75 Å². The van der Waals surface area contributed by atoms with E-state index >= 15 is 0 Å². The van der Waals surface area contributed by atoms with Crippen LogP contribution in [0.2, 0.25) is 0 Å². The Balaban J connectivity index is 1.77. The van der Waals surface area contributed by atoms with E-state index in [9.17, 15) is 14.4 Å². The molecule has 152 valence electrons. The lowest BCUT2D eigenvalue weighted by Gasteiger charge is -2.27. The third kappa shape index (κ3) is 4.65. The van der Waals surface area contributed by atoms with E-state index in [2.05, 4.69) is 0 Å². The predicted octanol–water partition coefficient (Wildman–Crippen LogP) is 3.20. The summed E-state index contributed by atoms with van der Waals surface area (Å²) in [5, 5.41) is 0. The van der Waals surface area contributed by atoms with Crippen LogP contribution in [0.1, 0.15) is 32.3 Å². The first-order valence-corrected chi connectivity index (χ1v) is 9.98. The summed E-state index contributed by atoms with van der Waals surface area (Å²) < 4.78 is 5.42. The molecule has 1 fully saturated rings. The number of carbonyl (C=O) groups is 3. The molecule has 2 aromatic carbocycles. The quantitative estimate of drug-likeness (QED) is 0.645. The fourth-order valence-electron chi connectivity index (χ4n) is 3.54. The second-order valence-corrected chi connectivity index (χ2v) is 6.89. The number of amides is 3. The zero-order valence-electron chi connectivity index (χ0n) is 16.8. The zero-order valence-corrected chi connectivity index (χ0v) is 16.8. The van der Waals surface area contributed by atoms with Crippen molar-refractivity contribution in [3.05, 3.63) is 60.2 Å². The van der Waals surface area contributed by atoms with E-state index in [1.807, 2.05) is 37.3 Å². The lowest BCUT2D eigenvalue weighted by atomic mass is 10.1. The molecule has 0 spiro atoms. The van der Waals surface area contributed by atoms with Gasteiger partial charge in [0.05, 0.1) is 18.7 Å². The van der Waals surface area contributed by atoms with Gasteiger partial charge >= 0.3 is 0 Å². The van der Waals surface area contributed by atoms with E-state index in [-0.39, 0.29) is 30.6 Å². The number of rotatable bonds is 8. The maximum absolute atomic E-state index is 13.1. The third-order valence-corrected chi connectivity index (χ3v) is 5.01. The van der Waals surface area contributed by atoms with E-state index in [1.165, 1.54) is 4.90 Å². The Kier molecular flexibility index (Phi) is 6.65. The summed E-state index contributed by atoms with van der Waals surface area (Å²) in [6, 6.07) is 15.9. The number of benzene rings is 2. The molecule has 3 amide bonds. The van der Waals surface area contributed by atoms with Crippen molar-refractivity contribution >= 4 is 23.4 Å². The molecule has 1 atom stereocenters. The molecule has 6 nitrogen and oxygen atoms in total. The average Bonchev–Trinajstić information content (AvgIpc) is 3.03. The minimum absolute atomic E-state index is 0.00652. The Morgan fingerprint density at radius 1 is 1.07 bits per heavy atom. The van der Waals surface area contributed by atoms with Crippen LogP contribution in [0.25, 0.3) is 0 Å². The molecule has 0 aliphatic carbocycles. The van der Waals surface area contributed by atoms with Crippen molar-refractivity contribution in [2.24, 2.45) is 0 Å². The van der Waals surface area contributed by atoms with Gasteiger partial charge in [-0.2, -0.15) is 0 Å². The standard InChI is InChI=1S/C23H26N2O4/c1-3-21(26)24(15-14-17-8-6-5-7-9-17)20-16-22(27)25(23(20)28)18-10-12-19(13-11-18)29-4-2/h5-13,20H,3-4,14-16H2,1-2H3.